The van der Waals surface area contributed by atoms with Gasteiger partial charge in [-0.15, -0.1) is 11.3 Å². The fourth-order valence-electron chi connectivity index (χ4n) is 2.89. The number of rotatable bonds is 5. The third-order valence-electron chi connectivity index (χ3n) is 4.24. The molecule has 0 unspecified atom stereocenters. The van der Waals surface area contributed by atoms with Crippen LogP contribution in [0.4, 0.5) is 5.69 Å². The van der Waals surface area contributed by atoms with Crippen LogP contribution in [0, 0.1) is 10.1 Å². The third kappa shape index (κ3) is 3.45. The fraction of sp³-hybridized carbons (Fsp3) is 0. The molecular weight excluding hydrogens is 372 g/mol. The minimum absolute atomic E-state index is 0.0537. The zero-order valence-electron chi connectivity index (χ0n) is 14.6. The fourth-order valence-corrected chi connectivity index (χ4v) is 3.87. The Morgan fingerprint density at radius 3 is 2.36 bits per heavy atom. The number of benzene rings is 3. The standard InChI is InChI=1S/C22H14N2O3S/c25-21(15-8-2-1-3-9-15)17(14-16-10-4-6-12-19(16)24(26)27)22-23-18-11-5-7-13-20(18)28-22/h1-14H/b17-14-. The predicted molar refractivity (Wildman–Crippen MR) is 111 cm³/mol. The first-order valence-corrected chi connectivity index (χ1v) is 9.36. The summed E-state index contributed by atoms with van der Waals surface area (Å²) in [6, 6.07) is 22.8. The largest absolute Gasteiger partial charge is 0.288 e. The highest BCUT2D eigenvalue weighted by molar-refractivity contribution is 7.20. The lowest BCUT2D eigenvalue weighted by atomic mass is 10.0. The number of nitro groups is 1. The number of carbonyl (C=O) groups is 1. The summed E-state index contributed by atoms with van der Waals surface area (Å²) < 4.78 is 0.951. The molecule has 28 heavy (non-hydrogen) atoms. The number of fused-ring (bicyclic) bond motifs is 1. The van der Waals surface area contributed by atoms with E-state index < -0.39 is 4.92 Å². The van der Waals surface area contributed by atoms with Crippen LogP contribution in [0.5, 0.6) is 0 Å². The van der Waals surface area contributed by atoms with Gasteiger partial charge >= 0.3 is 0 Å². The summed E-state index contributed by atoms with van der Waals surface area (Å²) in [6.07, 6.45) is 1.56. The number of para-hydroxylation sites is 2. The van der Waals surface area contributed by atoms with Gasteiger partial charge in [0.2, 0.25) is 0 Å². The lowest BCUT2D eigenvalue weighted by molar-refractivity contribution is -0.385. The molecule has 0 saturated carbocycles. The SMILES string of the molecule is O=C(/C(=C/c1ccccc1[N+](=O)[O-])c1nc2ccccc2s1)c1ccccc1. The van der Waals surface area contributed by atoms with Gasteiger partial charge in [0.05, 0.1) is 26.3 Å². The third-order valence-corrected chi connectivity index (χ3v) is 5.31. The molecule has 0 aliphatic carbocycles. The van der Waals surface area contributed by atoms with Crippen LogP contribution in [-0.4, -0.2) is 15.7 Å². The Kier molecular flexibility index (Phi) is 4.78. The number of nitrogens with zero attached hydrogens (tertiary/aromatic N) is 2. The number of carbonyl (C=O) groups excluding carboxylic acids is 1. The normalized spacial score (nSPS) is 11.5. The van der Waals surface area contributed by atoms with E-state index in [1.807, 2.05) is 30.3 Å². The van der Waals surface area contributed by atoms with Crippen LogP contribution in [0.3, 0.4) is 0 Å². The van der Waals surface area contributed by atoms with Gasteiger partial charge in [-0.2, -0.15) is 0 Å². The van der Waals surface area contributed by atoms with Crippen molar-refractivity contribution in [3.8, 4) is 0 Å². The molecule has 6 heteroatoms. The summed E-state index contributed by atoms with van der Waals surface area (Å²) in [5, 5.41) is 11.9. The zero-order valence-corrected chi connectivity index (χ0v) is 15.4. The second-order valence-electron chi connectivity index (χ2n) is 6.06. The monoisotopic (exact) mass is 386 g/mol. The Morgan fingerprint density at radius 2 is 1.61 bits per heavy atom. The van der Waals surface area contributed by atoms with E-state index >= 15 is 0 Å². The maximum absolute atomic E-state index is 13.2. The van der Waals surface area contributed by atoms with E-state index in [0.29, 0.717) is 21.7 Å². The van der Waals surface area contributed by atoms with Crippen molar-refractivity contribution >= 4 is 44.7 Å². The van der Waals surface area contributed by atoms with E-state index in [1.165, 1.54) is 17.4 Å². The molecule has 4 aromatic rings. The van der Waals surface area contributed by atoms with Crippen LogP contribution in [-0.2, 0) is 0 Å². The average molecular weight is 386 g/mol. The number of nitro benzene ring substituents is 1. The summed E-state index contributed by atoms with van der Waals surface area (Å²) in [4.78, 5) is 28.8. The molecule has 0 aliphatic rings. The molecule has 0 spiro atoms. The molecule has 0 saturated heterocycles. The van der Waals surface area contributed by atoms with Crippen molar-refractivity contribution < 1.29 is 9.72 Å². The van der Waals surface area contributed by atoms with Crippen molar-refractivity contribution in [1.29, 1.82) is 0 Å². The second kappa shape index (κ2) is 7.54. The van der Waals surface area contributed by atoms with Crippen molar-refractivity contribution in [2.75, 3.05) is 0 Å². The molecule has 0 aliphatic heterocycles. The molecule has 3 aromatic carbocycles. The summed E-state index contributed by atoms with van der Waals surface area (Å²) in [5.74, 6) is -0.224. The van der Waals surface area contributed by atoms with Gasteiger partial charge in [-0.05, 0) is 24.3 Å². The van der Waals surface area contributed by atoms with Gasteiger partial charge in [-0.3, -0.25) is 14.9 Å². The van der Waals surface area contributed by atoms with E-state index in [1.54, 1.807) is 48.5 Å². The number of allylic oxidation sites excluding steroid dienone is 1. The van der Waals surface area contributed by atoms with Crippen molar-refractivity contribution in [1.82, 2.24) is 4.98 Å². The van der Waals surface area contributed by atoms with E-state index in [4.69, 9.17) is 0 Å². The highest BCUT2D eigenvalue weighted by atomic mass is 32.1. The lowest BCUT2D eigenvalue weighted by Gasteiger charge is -2.05. The highest BCUT2D eigenvalue weighted by Crippen LogP contribution is 2.32. The van der Waals surface area contributed by atoms with E-state index in [2.05, 4.69) is 4.98 Å². The summed E-state index contributed by atoms with van der Waals surface area (Å²) in [7, 11) is 0. The van der Waals surface area contributed by atoms with Crippen molar-refractivity contribution in [2.45, 2.75) is 0 Å². The summed E-state index contributed by atoms with van der Waals surface area (Å²) in [5.41, 5.74) is 1.94. The molecule has 0 atom stereocenters. The molecule has 136 valence electrons. The number of thiazole rings is 1. The zero-order chi connectivity index (χ0) is 19.5. The lowest BCUT2D eigenvalue weighted by Crippen LogP contribution is -2.03. The number of hydrogen-bond acceptors (Lipinski definition) is 5. The van der Waals surface area contributed by atoms with Crippen molar-refractivity contribution in [3.05, 3.63) is 105 Å². The first kappa shape index (κ1) is 17.8. The minimum Gasteiger partial charge on any atom is -0.288 e. The maximum Gasteiger partial charge on any atom is 0.276 e. The molecule has 0 bridgehead atoms. The Balaban J connectivity index is 1.91. The van der Waals surface area contributed by atoms with Gasteiger partial charge in [0.25, 0.3) is 5.69 Å². The minimum atomic E-state index is -0.450. The quantitative estimate of drug-likeness (QED) is 0.193. The Bertz CT molecular complexity index is 1180. The topological polar surface area (TPSA) is 73.1 Å². The van der Waals surface area contributed by atoms with Crippen molar-refractivity contribution in [2.24, 2.45) is 0 Å². The van der Waals surface area contributed by atoms with Crippen LogP contribution in [0.15, 0.2) is 78.9 Å². The molecule has 4 rings (SSSR count). The Morgan fingerprint density at radius 1 is 0.929 bits per heavy atom. The average Bonchev–Trinajstić information content (AvgIpc) is 3.16. The van der Waals surface area contributed by atoms with Gasteiger partial charge in [-0.1, -0.05) is 54.6 Å². The smallest absolute Gasteiger partial charge is 0.276 e. The number of aromatic nitrogens is 1. The highest BCUT2D eigenvalue weighted by Gasteiger charge is 2.20. The molecule has 1 heterocycles. The molecule has 0 fully saturated rings. The number of hydrogen-bond donors (Lipinski definition) is 0. The van der Waals surface area contributed by atoms with Gasteiger partial charge in [-0.25, -0.2) is 4.98 Å². The first-order chi connectivity index (χ1) is 13.6. The molecule has 0 radical (unpaired) electrons. The van der Waals surface area contributed by atoms with Crippen LogP contribution < -0.4 is 0 Å². The van der Waals surface area contributed by atoms with Gasteiger partial charge in [0.1, 0.15) is 5.01 Å². The summed E-state index contributed by atoms with van der Waals surface area (Å²) >= 11 is 1.39. The van der Waals surface area contributed by atoms with Crippen LogP contribution in [0.25, 0.3) is 21.9 Å². The van der Waals surface area contributed by atoms with E-state index in [9.17, 15) is 14.9 Å². The molecule has 0 amide bonds. The first-order valence-electron chi connectivity index (χ1n) is 8.54. The van der Waals surface area contributed by atoms with Gasteiger partial charge < -0.3 is 0 Å². The van der Waals surface area contributed by atoms with Crippen LogP contribution in [0.1, 0.15) is 20.9 Å². The second-order valence-corrected chi connectivity index (χ2v) is 7.09. The predicted octanol–water partition coefficient (Wildman–Crippen LogP) is 5.63. The van der Waals surface area contributed by atoms with E-state index in [-0.39, 0.29) is 11.5 Å². The molecule has 0 N–H and O–H groups in total. The van der Waals surface area contributed by atoms with Crippen LogP contribution >= 0.6 is 11.3 Å². The number of ketones is 1. The maximum atomic E-state index is 13.2. The Hall–Kier alpha value is -3.64. The molecular formula is C22H14N2O3S. The van der Waals surface area contributed by atoms with Crippen molar-refractivity contribution in [3.63, 3.8) is 0 Å². The number of Topliss-reactive ketones (excluding diaryl/α,β-unsaturated/α-hetero) is 1. The van der Waals surface area contributed by atoms with Gasteiger partial charge in [0.15, 0.2) is 5.78 Å². The molecule has 1 aromatic heterocycles. The van der Waals surface area contributed by atoms with Gasteiger partial charge in [0, 0.05) is 11.6 Å². The van der Waals surface area contributed by atoms with E-state index in [0.717, 1.165) is 10.2 Å². The van der Waals surface area contributed by atoms with Crippen LogP contribution in [0.2, 0.25) is 0 Å². The summed E-state index contributed by atoms with van der Waals surface area (Å²) in [6.45, 7) is 0. The Labute approximate surface area is 164 Å². The molecule has 5 nitrogen and oxygen atoms in total.